The topological polar surface area (TPSA) is 87.1 Å². The third-order valence-electron chi connectivity index (χ3n) is 2.03. The van der Waals surface area contributed by atoms with Crippen LogP contribution in [0.2, 0.25) is 0 Å². The van der Waals surface area contributed by atoms with Gasteiger partial charge in [-0.15, -0.1) is 0 Å². The van der Waals surface area contributed by atoms with E-state index >= 15 is 0 Å². The Morgan fingerprint density at radius 1 is 1.20 bits per heavy atom. The van der Waals surface area contributed by atoms with Gasteiger partial charge in [0.25, 0.3) is 0 Å². The van der Waals surface area contributed by atoms with Gasteiger partial charge < -0.3 is 19.8 Å². The molecule has 1 aromatic rings. The maximum absolute atomic E-state index is 9.10. The standard InChI is InChI=1S/C11H16BrNO.C2H2O4/c1-13(2)8-5-9-14-11-7-4-3-6-10(11)12;3-1(4)2(5)6/h3-4,6-7H,5,8-9H2,1-2H3;(H,3,4)(H,5,6). The number of carbonyl (C=O) groups is 2. The van der Waals surface area contributed by atoms with Crippen LogP contribution < -0.4 is 4.74 Å². The first-order valence-corrected chi connectivity index (χ1v) is 6.62. The van der Waals surface area contributed by atoms with E-state index in [0.29, 0.717) is 0 Å². The van der Waals surface area contributed by atoms with Gasteiger partial charge in [-0.25, -0.2) is 9.59 Å². The summed E-state index contributed by atoms with van der Waals surface area (Å²) < 4.78 is 6.63. The van der Waals surface area contributed by atoms with E-state index in [2.05, 4.69) is 34.9 Å². The molecule has 7 heteroatoms. The van der Waals surface area contributed by atoms with Gasteiger partial charge in [-0.1, -0.05) is 12.1 Å². The number of carboxylic acids is 2. The summed E-state index contributed by atoms with van der Waals surface area (Å²) in [6.45, 7) is 1.82. The fraction of sp³-hybridized carbons (Fsp3) is 0.385. The van der Waals surface area contributed by atoms with Crippen LogP contribution in [0.25, 0.3) is 0 Å². The molecule has 0 saturated heterocycles. The van der Waals surface area contributed by atoms with Crippen molar-refractivity contribution in [2.75, 3.05) is 27.2 Å². The molecule has 2 N–H and O–H groups in total. The van der Waals surface area contributed by atoms with E-state index in [4.69, 9.17) is 24.5 Å². The summed E-state index contributed by atoms with van der Waals surface area (Å²) >= 11 is 3.44. The third kappa shape index (κ3) is 9.35. The molecule has 0 aliphatic carbocycles. The van der Waals surface area contributed by atoms with Gasteiger partial charge >= 0.3 is 11.9 Å². The van der Waals surface area contributed by atoms with Crippen molar-refractivity contribution in [3.8, 4) is 5.75 Å². The number of benzene rings is 1. The van der Waals surface area contributed by atoms with Crippen molar-refractivity contribution in [2.45, 2.75) is 6.42 Å². The molecule has 20 heavy (non-hydrogen) atoms. The average molecular weight is 348 g/mol. The first-order chi connectivity index (χ1) is 9.34. The second-order valence-corrected chi connectivity index (χ2v) is 4.90. The predicted octanol–water partition coefficient (Wildman–Crippen LogP) is 1.94. The summed E-state index contributed by atoms with van der Waals surface area (Å²) in [7, 11) is 4.14. The van der Waals surface area contributed by atoms with E-state index in [1.807, 2.05) is 24.3 Å². The second kappa shape index (κ2) is 10.2. The molecule has 0 amide bonds. The summed E-state index contributed by atoms with van der Waals surface area (Å²) in [6, 6.07) is 7.92. The minimum absolute atomic E-state index is 0.765. The van der Waals surface area contributed by atoms with Crippen LogP contribution in [0, 0.1) is 0 Å². The maximum Gasteiger partial charge on any atom is 0.414 e. The Morgan fingerprint density at radius 2 is 1.75 bits per heavy atom. The lowest BCUT2D eigenvalue weighted by Gasteiger charge is -2.11. The number of hydrogen-bond donors (Lipinski definition) is 2. The lowest BCUT2D eigenvalue weighted by molar-refractivity contribution is -0.159. The number of rotatable bonds is 5. The van der Waals surface area contributed by atoms with Crippen molar-refractivity contribution in [3.63, 3.8) is 0 Å². The van der Waals surface area contributed by atoms with Gasteiger partial charge in [0, 0.05) is 6.54 Å². The predicted molar refractivity (Wildman–Crippen MR) is 78.1 cm³/mol. The van der Waals surface area contributed by atoms with Crippen molar-refractivity contribution < 1.29 is 24.5 Å². The zero-order chi connectivity index (χ0) is 15.5. The molecule has 6 nitrogen and oxygen atoms in total. The average Bonchev–Trinajstić information content (AvgIpc) is 2.37. The van der Waals surface area contributed by atoms with Crippen molar-refractivity contribution in [3.05, 3.63) is 28.7 Å². The van der Waals surface area contributed by atoms with Gasteiger partial charge in [0.15, 0.2) is 0 Å². The van der Waals surface area contributed by atoms with Crippen molar-refractivity contribution in [1.29, 1.82) is 0 Å². The van der Waals surface area contributed by atoms with E-state index in [0.717, 1.165) is 29.8 Å². The first-order valence-electron chi connectivity index (χ1n) is 5.83. The summed E-state index contributed by atoms with van der Waals surface area (Å²) in [6.07, 6.45) is 1.05. The summed E-state index contributed by atoms with van der Waals surface area (Å²) in [4.78, 5) is 20.4. The van der Waals surface area contributed by atoms with Crippen molar-refractivity contribution >= 4 is 27.9 Å². The molecule has 0 unspecified atom stereocenters. The van der Waals surface area contributed by atoms with Crippen LogP contribution in [-0.2, 0) is 9.59 Å². The minimum Gasteiger partial charge on any atom is -0.492 e. The van der Waals surface area contributed by atoms with Crippen LogP contribution in [0.3, 0.4) is 0 Å². The lowest BCUT2D eigenvalue weighted by atomic mass is 10.3. The number of nitrogens with zero attached hydrogens (tertiary/aromatic N) is 1. The number of halogens is 1. The summed E-state index contributed by atoms with van der Waals surface area (Å²) in [5.74, 6) is -2.73. The highest BCUT2D eigenvalue weighted by Gasteiger charge is 2.04. The van der Waals surface area contributed by atoms with Crippen LogP contribution in [0.1, 0.15) is 6.42 Å². The normalized spacial score (nSPS) is 9.60. The number of aliphatic carboxylic acids is 2. The Bertz CT molecular complexity index is 425. The molecule has 0 bridgehead atoms. The molecule has 0 heterocycles. The largest absolute Gasteiger partial charge is 0.492 e. The SMILES string of the molecule is CN(C)CCCOc1ccccc1Br.O=C(O)C(=O)O. The molecule has 0 atom stereocenters. The molecule has 0 radical (unpaired) electrons. The lowest BCUT2D eigenvalue weighted by Crippen LogP contribution is -2.15. The van der Waals surface area contributed by atoms with Gasteiger partial charge in [0.05, 0.1) is 11.1 Å². The number of carboxylic acid groups (broad SMARTS) is 2. The molecular weight excluding hydrogens is 330 g/mol. The number of ether oxygens (including phenoxy) is 1. The number of hydrogen-bond acceptors (Lipinski definition) is 4. The highest BCUT2D eigenvalue weighted by Crippen LogP contribution is 2.23. The van der Waals surface area contributed by atoms with Gasteiger partial charge in [0.1, 0.15) is 5.75 Å². The molecule has 0 aromatic heterocycles. The van der Waals surface area contributed by atoms with E-state index in [1.165, 1.54) is 0 Å². The monoisotopic (exact) mass is 347 g/mol. The van der Waals surface area contributed by atoms with Gasteiger partial charge in [-0.2, -0.15) is 0 Å². The van der Waals surface area contributed by atoms with Gasteiger partial charge in [0.2, 0.25) is 0 Å². The molecule has 112 valence electrons. The van der Waals surface area contributed by atoms with Crippen LogP contribution >= 0.6 is 15.9 Å². The summed E-state index contributed by atoms with van der Waals surface area (Å²) in [5.41, 5.74) is 0. The van der Waals surface area contributed by atoms with E-state index in [1.54, 1.807) is 0 Å². The van der Waals surface area contributed by atoms with Crippen LogP contribution in [0.15, 0.2) is 28.7 Å². The Labute approximate surface area is 126 Å². The molecular formula is C13H18BrNO5. The molecule has 0 spiro atoms. The molecule has 0 fully saturated rings. The smallest absolute Gasteiger partial charge is 0.414 e. The van der Waals surface area contributed by atoms with Crippen molar-refractivity contribution in [2.24, 2.45) is 0 Å². The van der Waals surface area contributed by atoms with Crippen LogP contribution in [-0.4, -0.2) is 54.3 Å². The highest BCUT2D eigenvalue weighted by atomic mass is 79.9. The molecule has 0 saturated carbocycles. The van der Waals surface area contributed by atoms with E-state index in [9.17, 15) is 0 Å². The molecule has 1 rings (SSSR count). The van der Waals surface area contributed by atoms with Crippen LogP contribution in [0.5, 0.6) is 5.75 Å². The molecule has 1 aromatic carbocycles. The highest BCUT2D eigenvalue weighted by molar-refractivity contribution is 9.10. The Kier molecular flexibility index (Phi) is 9.40. The fourth-order valence-corrected chi connectivity index (χ4v) is 1.52. The zero-order valence-electron chi connectivity index (χ0n) is 11.4. The Balaban J connectivity index is 0.000000511. The third-order valence-corrected chi connectivity index (χ3v) is 2.68. The summed E-state index contributed by atoms with van der Waals surface area (Å²) in [5, 5.41) is 14.8. The fourth-order valence-electron chi connectivity index (χ4n) is 1.12. The van der Waals surface area contributed by atoms with Crippen molar-refractivity contribution in [1.82, 2.24) is 4.90 Å². The molecule has 0 aliphatic rings. The first kappa shape index (κ1) is 18.4. The Hall–Kier alpha value is -1.60. The minimum atomic E-state index is -1.82. The van der Waals surface area contributed by atoms with E-state index in [-0.39, 0.29) is 0 Å². The van der Waals surface area contributed by atoms with Gasteiger partial charge in [-0.05, 0) is 48.6 Å². The van der Waals surface area contributed by atoms with E-state index < -0.39 is 11.9 Å². The Morgan fingerprint density at radius 3 is 2.20 bits per heavy atom. The maximum atomic E-state index is 9.10. The molecule has 0 aliphatic heterocycles. The van der Waals surface area contributed by atoms with Gasteiger partial charge in [-0.3, -0.25) is 0 Å². The zero-order valence-corrected chi connectivity index (χ0v) is 13.0. The van der Waals surface area contributed by atoms with Crippen LogP contribution in [0.4, 0.5) is 0 Å². The quantitative estimate of drug-likeness (QED) is 0.625. The second-order valence-electron chi connectivity index (χ2n) is 4.05. The number of para-hydroxylation sites is 1.